The number of nitrogens with one attached hydrogen (secondary N) is 2. The second-order valence-corrected chi connectivity index (χ2v) is 12.5. The molecule has 1 aliphatic heterocycles. The van der Waals surface area contributed by atoms with Crippen molar-refractivity contribution in [2.24, 2.45) is 5.41 Å². The third-order valence-corrected chi connectivity index (χ3v) is 6.84. The van der Waals surface area contributed by atoms with Crippen molar-refractivity contribution in [2.75, 3.05) is 13.1 Å². The van der Waals surface area contributed by atoms with Gasteiger partial charge in [0.05, 0.1) is 5.54 Å². The number of amides is 3. The van der Waals surface area contributed by atoms with Crippen molar-refractivity contribution >= 4 is 18.1 Å². The number of piperidine rings is 1. The van der Waals surface area contributed by atoms with E-state index in [0.717, 1.165) is 11.1 Å². The van der Waals surface area contributed by atoms with Crippen molar-refractivity contribution in [3.05, 3.63) is 71.5 Å². The zero-order valence-electron chi connectivity index (χ0n) is 24.4. The Morgan fingerprint density at radius 2 is 1.50 bits per heavy atom. The number of alkyl carbamates (subject to hydrolysis) is 2. The number of rotatable bonds is 7. The zero-order chi connectivity index (χ0) is 29.6. The summed E-state index contributed by atoms with van der Waals surface area (Å²) in [6, 6.07) is 14.8. The predicted molar refractivity (Wildman–Crippen MR) is 151 cm³/mol. The first-order chi connectivity index (χ1) is 18.7. The predicted octanol–water partition coefficient (Wildman–Crippen LogP) is 5.60. The summed E-state index contributed by atoms with van der Waals surface area (Å²) in [5, 5.41) is 5.82. The molecular weight excluding hydrogens is 513 g/mol. The quantitative estimate of drug-likeness (QED) is 0.464. The molecule has 2 aromatic carbocycles. The maximum atomic E-state index is 13.6. The fourth-order valence-electron chi connectivity index (χ4n) is 4.73. The highest BCUT2D eigenvalue weighted by Gasteiger charge is 2.42. The first-order valence-electron chi connectivity index (χ1n) is 13.7. The van der Waals surface area contributed by atoms with Crippen LogP contribution in [0.1, 0.15) is 65.5 Å². The molecule has 1 fully saturated rings. The van der Waals surface area contributed by atoms with Crippen LogP contribution in [0.3, 0.4) is 0 Å². The molecule has 1 atom stereocenters. The maximum absolute atomic E-state index is 13.6. The fourth-order valence-corrected chi connectivity index (χ4v) is 4.73. The second kappa shape index (κ2) is 12.7. The van der Waals surface area contributed by atoms with Gasteiger partial charge in [-0.15, -0.1) is 0 Å². The lowest BCUT2D eigenvalue weighted by Crippen LogP contribution is -2.61. The number of carbonyl (C=O) groups is 3. The number of hydrogen-bond acceptors (Lipinski definition) is 5. The van der Waals surface area contributed by atoms with Crippen LogP contribution in [0.5, 0.6) is 0 Å². The van der Waals surface area contributed by atoms with Crippen LogP contribution < -0.4 is 10.6 Å². The molecule has 0 saturated carbocycles. The summed E-state index contributed by atoms with van der Waals surface area (Å²) in [4.78, 5) is 40.8. The van der Waals surface area contributed by atoms with Crippen LogP contribution in [0.25, 0.3) is 0 Å². The second-order valence-electron chi connectivity index (χ2n) is 12.5. The van der Waals surface area contributed by atoms with Gasteiger partial charge < -0.3 is 25.0 Å². The molecule has 0 bridgehead atoms. The summed E-state index contributed by atoms with van der Waals surface area (Å²) in [7, 11) is 0. The highest BCUT2D eigenvalue weighted by Crippen LogP contribution is 2.30. The molecule has 3 amide bonds. The molecule has 1 saturated heterocycles. The Labute approximate surface area is 236 Å². The summed E-state index contributed by atoms with van der Waals surface area (Å²) in [5.41, 5.74) is -0.212. The number of carbonyl (C=O) groups excluding carboxylic acids is 3. The first kappa shape index (κ1) is 30.9. The minimum atomic E-state index is -0.796. The Kier molecular flexibility index (Phi) is 9.82. The van der Waals surface area contributed by atoms with Gasteiger partial charge in [-0.2, -0.15) is 0 Å². The molecule has 0 spiro atoms. The van der Waals surface area contributed by atoms with Gasteiger partial charge in [-0.05, 0) is 68.7 Å². The van der Waals surface area contributed by atoms with E-state index in [1.807, 2.05) is 51.1 Å². The third kappa shape index (κ3) is 9.24. The van der Waals surface area contributed by atoms with Gasteiger partial charge in [0.25, 0.3) is 0 Å². The summed E-state index contributed by atoms with van der Waals surface area (Å²) in [6.45, 7) is 11.8. The van der Waals surface area contributed by atoms with Crippen LogP contribution in [0, 0.1) is 11.2 Å². The normalized spacial score (nSPS) is 16.0. The van der Waals surface area contributed by atoms with E-state index >= 15 is 0 Å². The number of nitrogens with zero attached hydrogens (tertiary/aromatic N) is 1. The molecule has 0 unspecified atom stereocenters. The van der Waals surface area contributed by atoms with Gasteiger partial charge in [-0.25, -0.2) is 14.0 Å². The largest absolute Gasteiger partial charge is 0.445 e. The molecule has 0 radical (unpaired) electrons. The number of halogens is 1. The van der Waals surface area contributed by atoms with E-state index in [1.54, 1.807) is 37.8 Å². The van der Waals surface area contributed by atoms with Crippen LogP contribution in [0.4, 0.5) is 14.0 Å². The van der Waals surface area contributed by atoms with Gasteiger partial charge in [0, 0.05) is 13.1 Å². The van der Waals surface area contributed by atoms with Crippen molar-refractivity contribution in [2.45, 2.75) is 84.6 Å². The van der Waals surface area contributed by atoms with E-state index in [9.17, 15) is 18.8 Å². The van der Waals surface area contributed by atoms with Gasteiger partial charge in [0.2, 0.25) is 5.91 Å². The average Bonchev–Trinajstić information content (AvgIpc) is 2.86. The van der Waals surface area contributed by atoms with Crippen molar-refractivity contribution in [3.8, 4) is 0 Å². The summed E-state index contributed by atoms with van der Waals surface area (Å²) >= 11 is 0. The van der Waals surface area contributed by atoms with Gasteiger partial charge >= 0.3 is 12.2 Å². The SMILES string of the molecule is CC(C)(C)OC(=O)N[C@H](C(=O)N1CCC(Cc2ccc(F)cc2)(NC(=O)OCc2ccccc2)CC1)C(C)(C)C. The average molecular weight is 556 g/mol. The Bertz CT molecular complexity index is 1150. The fraction of sp³-hybridized carbons (Fsp3) is 0.516. The van der Waals surface area contributed by atoms with E-state index in [0.29, 0.717) is 32.4 Å². The molecule has 1 aliphatic rings. The zero-order valence-corrected chi connectivity index (χ0v) is 24.4. The van der Waals surface area contributed by atoms with Gasteiger partial charge in [0.15, 0.2) is 0 Å². The van der Waals surface area contributed by atoms with Crippen molar-refractivity contribution in [1.82, 2.24) is 15.5 Å². The van der Waals surface area contributed by atoms with Crippen molar-refractivity contribution in [3.63, 3.8) is 0 Å². The van der Waals surface area contributed by atoms with E-state index in [1.165, 1.54) is 12.1 Å². The lowest BCUT2D eigenvalue weighted by Gasteiger charge is -2.44. The van der Waals surface area contributed by atoms with E-state index in [-0.39, 0.29) is 18.3 Å². The van der Waals surface area contributed by atoms with E-state index in [2.05, 4.69) is 10.6 Å². The highest BCUT2D eigenvalue weighted by molar-refractivity contribution is 5.86. The van der Waals surface area contributed by atoms with E-state index < -0.39 is 34.8 Å². The molecule has 9 heteroatoms. The molecule has 0 aromatic heterocycles. The maximum Gasteiger partial charge on any atom is 0.408 e. The number of likely N-dealkylation sites (tertiary alicyclic amines) is 1. The van der Waals surface area contributed by atoms with E-state index in [4.69, 9.17) is 9.47 Å². The first-order valence-corrected chi connectivity index (χ1v) is 13.7. The molecule has 3 rings (SSSR count). The van der Waals surface area contributed by atoms with Crippen LogP contribution >= 0.6 is 0 Å². The lowest BCUT2D eigenvalue weighted by molar-refractivity contribution is -0.137. The van der Waals surface area contributed by atoms with Crippen molar-refractivity contribution < 1.29 is 28.2 Å². The Morgan fingerprint density at radius 1 is 0.900 bits per heavy atom. The van der Waals surface area contributed by atoms with Gasteiger partial charge in [0.1, 0.15) is 24.1 Å². The Balaban J connectivity index is 1.72. The molecule has 0 aliphatic carbocycles. The van der Waals surface area contributed by atoms with Crippen LogP contribution in [-0.2, 0) is 27.3 Å². The van der Waals surface area contributed by atoms with Crippen molar-refractivity contribution in [1.29, 1.82) is 0 Å². The van der Waals surface area contributed by atoms with Gasteiger partial charge in [-0.3, -0.25) is 4.79 Å². The number of benzene rings is 2. The Morgan fingerprint density at radius 3 is 2.05 bits per heavy atom. The highest BCUT2D eigenvalue weighted by atomic mass is 19.1. The molecule has 40 heavy (non-hydrogen) atoms. The summed E-state index contributed by atoms with van der Waals surface area (Å²) < 4.78 is 24.5. The minimum absolute atomic E-state index is 0.132. The summed E-state index contributed by atoms with van der Waals surface area (Å²) in [5.74, 6) is -0.542. The standard InChI is InChI=1S/C31H42FN3O5/c1-29(2,3)25(33-27(37)40-30(4,5)6)26(36)35-18-16-31(17-19-35,20-22-12-14-24(32)15-13-22)34-28(38)39-21-23-10-8-7-9-11-23/h7-15,25H,16-21H2,1-6H3,(H,33,37)(H,34,38)/t25-/m1/s1. The third-order valence-electron chi connectivity index (χ3n) is 6.84. The molecule has 8 nitrogen and oxygen atoms in total. The molecular formula is C31H42FN3O5. The van der Waals surface area contributed by atoms with Gasteiger partial charge in [-0.1, -0.05) is 63.2 Å². The molecule has 1 heterocycles. The van der Waals surface area contributed by atoms with Crippen LogP contribution in [-0.4, -0.2) is 53.3 Å². The lowest BCUT2D eigenvalue weighted by atomic mass is 9.80. The summed E-state index contributed by atoms with van der Waals surface area (Å²) in [6.07, 6.45) is 0.171. The Hall–Kier alpha value is -3.62. The molecule has 218 valence electrons. The smallest absolute Gasteiger partial charge is 0.408 e. The molecule has 2 N–H and O–H groups in total. The number of ether oxygens (including phenoxy) is 2. The van der Waals surface area contributed by atoms with Crippen LogP contribution in [0.15, 0.2) is 54.6 Å². The molecule has 2 aromatic rings. The number of hydrogen-bond donors (Lipinski definition) is 2. The van der Waals surface area contributed by atoms with Crippen LogP contribution in [0.2, 0.25) is 0 Å². The minimum Gasteiger partial charge on any atom is -0.445 e. The topological polar surface area (TPSA) is 97.0 Å². The monoisotopic (exact) mass is 555 g/mol.